The number of aryl methyl sites for hydroxylation is 1. The molecule has 0 saturated heterocycles. The predicted octanol–water partition coefficient (Wildman–Crippen LogP) is 4.77. The molecule has 0 radical (unpaired) electrons. The summed E-state index contributed by atoms with van der Waals surface area (Å²) < 4.78 is 5.36. The molecule has 2 heteroatoms. The normalized spacial score (nSPS) is 10.4. The van der Waals surface area contributed by atoms with Crippen molar-refractivity contribution in [3.05, 3.63) is 35.4 Å². The largest absolute Gasteiger partial charge is 0.462 e. The molecule has 1 aromatic carbocycles. The highest BCUT2D eigenvalue weighted by atomic mass is 16.5. The van der Waals surface area contributed by atoms with Gasteiger partial charge in [-0.2, -0.15) is 0 Å². The molecule has 2 nitrogen and oxygen atoms in total. The van der Waals surface area contributed by atoms with E-state index in [0.29, 0.717) is 6.61 Å². The number of carbonyl (C=O) groups is 1. The van der Waals surface area contributed by atoms with Gasteiger partial charge < -0.3 is 4.74 Å². The number of rotatable bonds is 9. The van der Waals surface area contributed by atoms with Crippen molar-refractivity contribution in [2.24, 2.45) is 0 Å². The van der Waals surface area contributed by atoms with Gasteiger partial charge in [0, 0.05) is 0 Å². The van der Waals surface area contributed by atoms with E-state index in [4.69, 9.17) is 4.74 Å². The average Bonchev–Trinajstić information content (AvgIpc) is 2.45. The lowest BCUT2D eigenvalue weighted by molar-refractivity contribution is 0.0496. The third kappa shape index (κ3) is 5.91. The first-order valence-corrected chi connectivity index (χ1v) is 7.54. The molecular weight excluding hydrogens is 236 g/mol. The summed E-state index contributed by atoms with van der Waals surface area (Å²) in [5.74, 6) is -0.164. The summed E-state index contributed by atoms with van der Waals surface area (Å²) in [7, 11) is 0. The standard InChI is InChI=1S/C17H26O2/c1-3-5-7-10-14-19-17(18)16-13-9-8-12-15(16)11-6-4-2/h8-9,12-13H,3-7,10-11,14H2,1-2H3. The number of hydrogen-bond acceptors (Lipinski definition) is 2. The van der Waals surface area contributed by atoms with E-state index in [1.165, 1.54) is 12.8 Å². The van der Waals surface area contributed by atoms with Crippen molar-refractivity contribution in [1.82, 2.24) is 0 Å². The molecule has 0 aromatic heterocycles. The van der Waals surface area contributed by atoms with Crippen molar-refractivity contribution in [3.8, 4) is 0 Å². The van der Waals surface area contributed by atoms with Gasteiger partial charge in [-0.15, -0.1) is 0 Å². The van der Waals surface area contributed by atoms with Gasteiger partial charge in [0.15, 0.2) is 0 Å². The molecule has 1 aromatic rings. The molecule has 0 aliphatic carbocycles. The summed E-state index contributed by atoms with van der Waals surface area (Å²) in [6.07, 6.45) is 7.73. The van der Waals surface area contributed by atoms with Crippen LogP contribution in [0.3, 0.4) is 0 Å². The Labute approximate surface area is 117 Å². The minimum absolute atomic E-state index is 0.164. The van der Waals surface area contributed by atoms with Crippen LogP contribution in [0, 0.1) is 0 Å². The average molecular weight is 262 g/mol. The zero-order valence-corrected chi connectivity index (χ0v) is 12.3. The van der Waals surface area contributed by atoms with Crippen LogP contribution in [-0.4, -0.2) is 12.6 Å². The number of carbonyl (C=O) groups excluding carboxylic acids is 1. The van der Waals surface area contributed by atoms with Gasteiger partial charge in [0.1, 0.15) is 0 Å². The minimum atomic E-state index is -0.164. The van der Waals surface area contributed by atoms with E-state index in [0.717, 1.165) is 43.2 Å². The molecule has 0 saturated carbocycles. The van der Waals surface area contributed by atoms with E-state index in [2.05, 4.69) is 13.8 Å². The molecule has 0 amide bonds. The van der Waals surface area contributed by atoms with Gasteiger partial charge in [-0.1, -0.05) is 57.7 Å². The zero-order chi connectivity index (χ0) is 13.9. The molecule has 0 aliphatic rings. The zero-order valence-electron chi connectivity index (χ0n) is 12.3. The highest BCUT2D eigenvalue weighted by Crippen LogP contribution is 2.13. The SMILES string of the molecule is CCCCCCOC(=O)c1ccccc1CCCC. The van der Waals surface area contributed by atoms with Gasteiger partial charge in [-0.25, -0.2) is 4.79 Å². The highest BCUT2D eigenvalue weighted by molar-refractivity contribution is 5.91. The molecule has 0 spiro atoms. The number of unbranched alkanes of at least 4 members (excludes halogenated alkanes) is 4. The first kappa shape index (κ1) is 15.7. The maximum atomic E-state index is 12.0. The number of hydrogen-bond donors (Lipinski definition) is 0. The van der Waals surface area contributed by atoms with Gasteiger partial charge >= 0.3 is 5.97 Å². The Morgan fingerprint density at radius 2 is 1.74 bits per heavy atom. The van der Waals surface area contributed by atoms with E-state index in [1.807, 2.05) is 24.3 Å². The molecule has 1 rings (SSSR count). The topological polar surface area (TPSA) is 26.3 Å². The minimum Gasteiger partial charge on any atom is -0.462 e. The van der Waals surface area contributed by atoms with Gasteiger partial charge in [-0.3, -0.25) is 0 Å². The van der Waals surface area contributed by atoms with Gasteiger partial charge in [0.2, 0.25) is 0 Å². The molecule has 0 bridgehead atoms. The first-order valence-electron chi connectivity index (χ1n) is 7.54. The lowest BCUT2D eigenvalue weighted by atomic mass is 10.0. The Morgan fingerprint density at radius 1 is 1.00 bits per heavy atom. The molecular formula is C17H26O2. The van der Waals surface area contributed by atoms with Crippen molar-refractivity contribution >= 4 is 5.97 Å². The molecule has 0 fully saturated rings. The second-order valence-corrected chi connectivity index (χ2v) is 4.96. The molecule has 0 N–H and O–H groups in total. The summed E-state index contributed by atoms with van der Waals surface area (Å²) in [4.78, 5) is 12.0. The number of benzene rings is 1. The van der Waals surface area contributed by atoms with Crippen molar-refractivity contribution in [2.45, 2.75) is 58.8 Å². The van der Waals surface area contributed by atoms with Crippen LogP contribution >= 0.6 is 0 Å². The molecule has 0 atom stereocenters. The molecule has 0 heterocycles. The fourth-order valence-corrected chi connectivity index (χ4v) is 2.08. The van der Waals surface area contributed by atoms with Crippen LogP contribution in [-0.2, 0) is 11.2 Å². The van der Waals surface area contributed by atoms with Crippen molar-refractivity contribution < 1.29 is 9.53 Å². The van der Waals surface area contributed by atoms with Gasteiger partial charge in [-0.05, 0) is 30.9 Å². The molecule has 0 unspecified atom stereocenters. The maximum absolute atomic E-state index is 12.0. The second-order valence-electron chi connectivity index (χ2n) is 4.96. The summed E-state index contributed by atoms with van der Waals surface area (Å²) in [5, 5.41) is 0. The quantitative estimate of drug-likeness (QED) is 0.473. The van der Waals surface area contributed by atoms with Crippen LogP contribution in [0.15, 0.2) is 24.3 Å². The predicted molar refractivity (Wildman–Crippen MR) is 79.5 cm³/mol. The summed E-state index contributed by atoms with van der Waals surface area (Å²) >= 11 is 0. The van der Waals surface area contributed by atoms with E-state index < -0.39 is 0 Å². The van der Waals surface area contributed by atoms with Crippen LogP contribution in [0.1, 0.15) is 68.3 Å². The van der Waals surface area contributed by atoms with Crippen molar-refractivity contribution in [2.75, 3.05) is 6.61 Å². The lowest BCUT2D eigenvalue weighted by Gasteiger charge is -2.09. The monoisotopic (exact) mass is 262 g/mol. The van der Waals surface area contributed by atoms with Crippen LogP contribution in [0.2, 0.25) is 0 Å². The maximum Gasteiger partial charge on any atom is 0.338 e. The van der Waals surface area contributed by atoms with Crippen LogP contribution in [0.5, 0.6) is 0 Å². The Kier molecular flexibility index (Phi) is 7.95. The van der Waals surface area contributed by atoms with Crippen LogP contribution in [0.25, 0.3) is 0 Å². The summed E-state index contributed by atoms with van der Waals surface area (Å²) in [6.45, 7) is 4.88. The van der Waals surface area contributed by atoms with Crippen LogP contribution in [0.4, 0.5) is 0 Å². The Balaban J connectivity index is 2.46. The van der Waals surface area contributed by atoms with Crippen LogP contribution < -0.4 is 0 Å². The van der Waals surface area contributed by atoms with Gasteiger partial charge in [0.05, 0.1) is 12.2 Å². The smallest absolute Gasteiger partial charge is 0.338 e. The lowest BCUT2D eigenvalue weighted by Crippen LogP contribution is -2.09. The fraction of sp³-hybridized carbons (Fsp3) is 0.588. The van der Waals surface area contributed by atoms with Crippen molar-refractivity contribution in [1.29, 1.82) is 0 Å². The third-order valence-corrected chi connectivity index (χ3v) is 3.27. The third-order valence-electron chi connectivity index (χ3n) is 3.27. The Bertz CT molecular complexity index is 371. The van der Waals surface area contributed by atoms with Crippen molar-refractivity contribution in [3.63, 3.8) is 0 Å². The number of ether oxygens (including phenoxy) is 1. The second kappa shape index (κ2) is 9.60. The molecule has 106 valence electrons. The highest BCUT2D eigenvalue weighted by Gasteiger charge is 2.11. The summed E-state index contributed by atoms with van der Waals surface area (Å²) in [6, 6.07) is 7.80. The molecule has 0 aliphatic heterocycles. The Morgan fingerprint density at radius 3 is 2.47 bits per heavy atom. The number of esters is 1. The fourth-order valence-electron chi connectivity index (χ4n) is 2.08. The van der Waals surface area contributed by atoms with E-state index >= 15 is 0 Å². The van der Waals surface area contributed by atoms with Gasteiger partial charge in [0.25, 0.3) is 0 Å². The van der Waals surface area contributed by atoms with E-state index in [1.54, 1.807) is 0 Å². The Hall–Kier alpha value is -1.31. The van der Waals surface area contributed by atoms with E-state index in [-0.39, 0.29) is 5.97 Å². The first-order chi connectivity index (χ1) is 9.29. The molecule has 19 heavy (non-hydrogen) atoms. The summed E-state index contributed by atoms with van der Waals surface area (Å²) in [5.41, 5.74) is 1.86. The van der Waals surface area contributed by atoms with E-state index in [9.17, 15) is 4.79 Å².